The van der Waals surface area contributed by atoms with E-state index >= 15 is 0 Å². The molecule has 4 amide bonds. The minimum atomic E-state index is -1.03. The van der Waals surface area contributed by atoms with Gasteiger partial charge in [-0.2, -0.15) is 0 Å². The van der Waals surface area contributed by atoms with Crippen molar-refractivity contribution in [3.05, 3.63) is 58.0 Å². The predicted octanol–water partition coefficient (Wildman–Crippen LogP) is 0.870. The summed E-state index contributed by atoms with van der Waals surface area (Å²) in [6.07, 6.45) is 2.66. The van der Waals surface area contributed by atoms with Gasteiger partial charge < -0.3 is 26.6 Å². The average molecular weight is 530 g/mol. The number of piperidine rings is 1. The summed E-state index contributed by atoms with van der Waals surface area (Å²) < 4.78 is 13.3. The smallest absolute Gasteiger partial charge is 0.243 e. The van der Waals surface area contributed by atoms with E-state index in [9.17, 15) is 23.6 Å². The monoisotopic (exact) mass is 529 g/mol. The molecule has 9 nitrogen and oxygen atoms in total. The molecule has 2 aromatic rings. The molecular weight excluding hydrogens is 497 g/mol. The Bertz CT molecular complexity index is 1100. The Morgan fingerprint density at radius 3 is 2.59 bits per heavy atom. The van der Waals surface area contributed by atoms with Crippen LogP contribution in [-0.4, -0.2) is 65.8 Å². The zero-order valence-electron chi connectivity index (χ0n) is 20.5. The molecule has 0 spiro atoms. The number of hydrogen-bond donors (Lipinski definition) is 4. The molecule has 0 bridgehead atoms. The van der Waals surface area contributed by atoms with Crippen molar-refractivity contribution in [1.82, 2.24) is 20.9 Å². The third-order valence-corrected chi connectivity index (χ3v) is 7.72. The number of nitrogens with one attached hydrogen (secondary N) is 3. The lowest BCUT2D eigenvalue weighted by molar-refractivity contribution is -0.145. The Morgan fingerprint density at radius 2 is 1.95 bits per heavy atom. The molecule has 2 fully saturated rings. The molecule has 1 aromatic heterocycles. The molecule has 0 radical (unpaired) electrons. The van der Waals surface area contributed by atoms with Gasteiger partial charge in [0.2, 0.25) is 23.6 Å². The minimum Gasteiger partial charge on any atom is -0.368 e. The second-order valence-corrected chi connectivity index (χ2v) is 10.6. The van der Waals surface area contributed by atoms with Crippen LogP contribution in [0.1, 0.15) is 36.1 Å². The standard InChI is InChI=1S/C26H32FN5O4S/c27-17-7-5-16(6-8-17)13-21(24(28)34)31-25(35)22-14-18(30-23(33)15-19-3-2-12-37-19)9-11-32(22)26(36)20-4-1-10-29-20/h2-3,5-8,12,18,20-22,29H,1,4,9-11,13-15H2,(H2,28,34)(H,30,33)(H,31,35)/t18-,20+,21-,22-/m0/s1. The highest BCUT2D eigenvalue weighted by molar-refractivity contribution is 7.10. The molecule has 11 heteroatoms. The van der Waals surface area contributed by atoms with Gasteiger partial charge in [0.15, 0.2) is 0 Å². The van der Waals surface area contributed by atoms with E-state index in [1.54, 1.807) is 4.90 Å². The van der Waals surface area contributed by atoms with Crippen LogP contribution in [0.5, 0.6) is 0 Å². The predicted molar refractivity (Wildman–Crippen MR) is 137 cm³/mol. The average Bonchev–Trinajstić information content (AvgIpc) is 3.59. The second-order valence-electron chi connectivity index (χ2n) is 9.54. The van der Waals surface area contributed by atoms with Gasteiger partial charge in [-0.15, -0.1) is 11.3 Å². The molecule has 5 N–H and O–H groups in total. The lowest BCUT2D eigenvalue weighted by atomic mass is 9.94. The molecule has 198 valence electrons. The summed E-state index contributed by atoms with van der Waals surface area (Å²) in [5.74, 6) is -1.95. The van der Waals surface area contributed by atoms with Crippen molar-refractivity contribution < 1.29 is 23.6 Å². The number of nitrogens with two attached hydrogens (primary N) is 1. The lowest BCUT2D eigenvalue weighted by Crippen LogP contribution is -2.61. The maximum Gasteiger partial charge on any atom is 0.243 e. The van der Waals surface area contributed by atoms with Crippen LogP contribution < -0.4 is 21.7 Å². The normalized spacial score (nSPS) is 22.3. The summed E-state index contributed by atoms with van der Waals surface area (Å²) >= 11 is 1.50. The lowest BCUT2D eigenvalue weighted by Gasteiger charge is -2.40. The zero-order chi connectivity index (χ0) is 26.4. The van der Waals surface area contributed by atoms with Gasteiger partial charge in [0.1, 0.15) is 17.9 Å². The summed E-state index contributed by atoms with van der Waals surface area (Å²) in [6, 6.07) is 6.82. The number of rotatable bonds is 9. The van der Waals surface area contributed by atoms with Crippen LogP contribution in [0.25, 0.3) is 0 Å². The Labute approximate surface area is 219 Å². The summed E-state index contributed by atoms with van der Waals surface area (Å²) in [5.41, 5.74) is 6.20. The van der Waals surface area contributed by atoms with Crippen molar-refractivity contribution in [2.24, 2.45) is 5.73 Å². The fourth-order valence-corrected chi connectivity index (χ4v) is 5.60. The van der Waals surface area contributed by atoms with Gasteiger partial charge in [0.25, 0.3) is 0 Å². The molecule has 2 aliphatic heterocycles. The van der Waals surface area contributed by atoms with Gasteiger partial charge >= 0.3 is 0 Å². The SMILES string of the molecule is NC(=O)[C@H](Cc1ccc(F)cc1)NC(=O)[C@@H]1C[C@@H](NC(=O)Cc2cccs2)CCN1C(=O)[C@H]1CCCN1. The van der Waals surface area contributed by atoms with Crippen molar-refractivity contribution in [2.45, 2.75) is 62.7 Å². The molecule has 0 unspecified atom stereocenters. The summed E-state index contributed by atoms with van der Waals surface area (Å²) in [7, 11) is 0. The minimum absolute atomic E-state index is 0.0905. The molecule has 0 saturated carbocycles. The summed E-state index contributed by atoms with van der Waals surface area (Å²) in [5, 5.41) is 10.8. The highest BCUT2D eigenvalue weighted by atomic mass is 32.1. The van der Waals surface area contributed by atoms with Crippen LogP contribution in [-0.2, 0) is 32.0 Å². The van der Waals surface area contributed by atoms with Crippen LogP contribution >= 0.6 is 11.3 Å². The number of benzene rings is 1. The van der Waals surface area contributed by atoms with Gasteiger partial charge in [0, 0.05) is 23.9 Å². The van der Waals surface area contributed by atoms with Crippen molar-refractivity contribution in [3.63, 3.8) is 0 Å². The maximum atomic E-state index is 13.5. The van der Waals surface area contributed by atoms with E-state index in [-0.39, 0.29) is 43.2 Å². The number of nitrogens with zero attached hydrogens (tertiary/aromatic N) is 1. The first-order chi connectivity index (χ1) is 17.8. The largest absolute Gasteiger partial charge is 0.368 e. The molecule has 37 heavy (non-hydrogen) atoms. The van der Waals surface area contributed by atoms with Gasteiger partial charge in [0.05, 0.1) is 12.5 Å². The van der Waals surface area contributed by atoms with E-state index in [0.29, 0.717) is 24.9 Å². The van der Waals surface area contributed by atoms with E-state index in [4.69, 9.17) is 5.73 Å². The Kier molecular flexibility index (Phi) is 8.88. The van der Waals surface area contributed by atoms with Crippen molar-refractivity contribution in [3.8, 4) is 0 Å². The number of carbonyl (C=O) groups is 4. The molecule has 4 atom stereocenters. The molecular formula is C26H32FN5O4S. The third-order valence-electron chi connectivity index (χ3n) is 6.84. The van der Waals surface area contributed by atoms with Gasteiger partial charge in [-0.3, -0.25) is 19.2 Å². The highest BCUT2D eigenvalue weighted by Crippen LogP contribution is 2.22. The molecule has 4 rings (SSSR count). The highest BCUT2D eigenvalue weighted by Gasteiger charge is 2.40. The number of thiophene rings is 1. The van der Waals surface area contributed by atoms with E-state index < -0.39 is 29.7 Å². The van der Waals surface area contributed by atoms with Crippen LogP contribution in [0.3, 0.4) is 0 Å². The molecule has 1 aromatic carbocycles. The first kappa shape index (κ1) is 26.7. The Balaban J connectivity index is 1.46. The van der Waals surface area contributed by atoms with Crippen LogP contribution in [0.15, 0.2) is 41.8 Å². The van der Waals surface area contributed by atoms with Crippen LogP contribution in [0.4, 0.5) is 4.39 Å². The van der Waals surface area contributed by atoms with Gasteiger partial charge in [-0.25, -0.2) is 4.39 Å². The first-order valence-corrected chi connectivity index (χ1v) is 13.4. The van der Waals surface area contributed by atoms with Crippen LogP contribution in [0, 0.1) is 5.82 Å². The fraction of sp³-hybridized carbons (Fsp3) is 0.462. The number of amides is 4. The van der Waals surface area contributed by atoms with Gasteiger partial charge in [-0.1, -0.05) is 18.2 Å². The van der Waals surface area contributed by atoms with E-state index in [2.05, 4.69) is 16.0 Å². The topological polar surface area (TPSA) is 134 Å². The zero-order valence-corrected chi connectivity index (χ0v) is 21.3. The van der Waals surface area contributed by atoms with Crippen LogP contribution in [0.2, 0.25) is 0 Å². The number of hydrogen-bond acceptors (Lipinski definition) is 6. The number of primary amides is 1. The second kappa shape index (κ2) is 12.3. The first-order valence-electron chi connectivity index (χ1n) is 12.5. The molecule has 0 aliphatic carbocycles. The van der Waals surface area contributed by atoms with Crippen molar-refractivity contribution >= 4 is 35.0 Å². The summed E-state index contributed by atoms with van der Waals surface area (Å²) in [4.78, 5) is 54.0. The number of halogens is 1. The van der Waals surface area contributed by atoms with Gasteiger partial charge in [-0.05, 0) is 61.4 Å². The maximum absolute atomic E-state index is 13.5. The van der Waals surface area contributed by atoms with E-state index in [1.807, 2.05) is 17.5 Å². The van der Waals surface area contributed by atoms with Crippen molar-refractivity contribution in [2.75, 3.05) is 13.1 Å². The molecule has 2 aliphatic rings. The number of likely N-dealkylation sites (tertiary alicyclic amines) is 1. The molecule has 3 heterocycles. The third kappa shape index (κ3) is 7.14. The van der Waals surface area contributed by atoms with Crippen molar-refractivity contribution in [1.29, 1.82) is 0 Å². The quantitative estimate of drug-likeness (QED) is 0.383. The Hall–Kier alpha value is -3.31. The number of carbonyl (C=O) groups excluding carboxylic acids is 4. The Morgan fingerprint density at radius 1 is 1.16 bits per heavy atom. The van der Waals surface area contributed by atoms with E-state index in [0.717, 1.165) is 17.8 Å². The van der Waals surface area contributed by atoms with E-state index in [1.165, 1.54) is 35.6 Å². The fourth-order valence-electron chi connectivity index (χ4n) is 4.90. The summed E-state index contributed by atoms with van der Waals surface area (Å²) in [6.45, 7) is 1.04. The molecule has 2 saturated heterocycles.